The molecular weight excluding hydrogens is 490 g/mol. The van der Waals surface area contributed by atoms with Crippen molar-refractivity contribution in [3.05, 3.63) is 71.8 Å². The van der Waals surface area contributed by atoms with Gasteiger partial charge >= 0.3 is 5.97 Å². The van der Waals surface area contributed by atoms with E-state index in [0.717, 1.165) is 54.6 Å². The Morgan fingerprint density at radius 2 is 1.81 bits per heavy atom. The van der Waals surface area contributed by atoms with E-state index in [4.69, 9.17) is 15.9 Å². The number of esters is 1. The van der Waals surface area contributed by atoms with Crippen molar-refractivity contribution >= 4 is 44.0 Å². The fourth-order valence-electron chi connectivity index (χ4n) is 4.44. The Balaban J connectivity index is 1.67. The molecule has 3 aromatic carbocycles. The van der Waals surface area contributed by atoms with Gasteiger partial charge in [0.05, 0.1) is 18.8 Å². The first-order valence-electron chi connectivity index (χ1n) is 12.4. The third-order valence-corrected chi connectivity index (χ3v) is 7.94. The molecule has 1 heterocycles. The molecule has 1 fully saturated rings. The zero-order valence-electron chi connectivity index (χ0n) is 20.9. The van der Waals surface area contributed by atoms with Gasteiger partial charge in [0.15, 0.2) is 5.75 Å². The molecule has 0 amide bonds. The predicted molar refractivity (Wildman–Crippen MR) is 148 cm³/mol. The summed E-state index contributed by atoms with van der Waals surface area (Å²) in [5, 5.41) is 12.9. The van der Waals surface area contributed by atoms with Gasteiger partial charge in [0, 0.05) is 30.9 Å². The number of hydrogen-bond acceptors (Lipinski definition) is 7. The Morgan fingerprint density at radius 3 is 2.54 bits per heavy atom. The van der Waals surface area contributed by atoms with E-state index in [-0.39, 0.29) is 19.0 Å². The number of nitrogens with two attached hydrogens (primary N) is 1. The van der Waals surface area contributed by atoms with Gasteiger partial charge in [-0.1, -0.05) is 24.3 Å². The van der Waals surface area contributed by atoms with Crippen molar-refractivity contribution in [2.24, 2.45) is 5.73 Å². The number of fused-ring (bicyclic) bond motifs is 1. The van der Waals surface area contributed by atoms with Crippen molar-refractivity contribution in [2.75, 3.05) is 47.7 Å². The number of carbonyl (C=O) groups excluding carboxylic acids is 1. The topological polar surface area (TPSA) is 129 Å². The van der Waals surface area contributed by atoms with E-state index < -0.39 is 21.7 Å². The molecule has 0 atom stereocenters. The zero-order chi connectivity index (χ0) is 26.4. The van der Waals surface area contributed by atoms with Crippen LogP contribution in [0, 0.1) is 5.41 Å². The molecular formula is C27H33N5O4S. The van der Waals surface area contributed by atoms with Crippen molar-refractivity contribution in [3.63, 3.8) is 0 Å². The molecule has 4 rings (SSSR count). The largest absolute Gasteiger partial charge is 0.465 e. The number of anilines is 2. The van der Waals surface area contributed by atoms with Gasteiger partial charge in [-0.05, 0) is 72.6 Å². The van der Waals surface area contributed by atoms with Crippen LogP contribution in [-0.2, 0) is 26.1 Å². The van der Waals surface area contributed by atoms with Gasteiger partial charge in [0.25, 0.3) is 0 Å². The van der Waals surface area contributed by atoms with Crippen LogP contribution < -0.4 is 20.3 Å². The van der Waals surface area contributed by atoms with Crippen LogP contribution in [0.25, 0.3) is 10.8 Å². The van der Waals surface area contributed by atoms with E-state index >= 15 is 0 Å². The monoisotopic (exact) mass is 523 g/mol. The summed E-state index contributed by atoms with van der Waals surface area (Å²) in [6.45, 7) is 5.47. The van der Waals surface area contributed by atoms with Gasteiger partial charge < -0.3 is 20.7 Å². The fourth-order valence-corrected chi connectivity index (χ4v) is 5.77. The smallest absolute Gasteiger partial charge is 0.323 e. The highest BCUT2D eigenvalue weighted by atomic mass is 32.2. The number of nitrogens with zero attached hydrogens (tertiary/aromatic N) is 2. The summed E-state index contributed by atoms with van der Waals surface area (Å²) in [6.07, 6.45) is 1.04. The number of ether oxygens (including phenoxy) is 1. The van der Waals surface area contributed by atoms with Crippen molar-refractivity contribution in [1.82, 2.24) is 5.32 Å². The maximum Gasteiger partial charge on any atom is 0.323 e. The van der Waals surface area contributed by atoms with Gasteiger partial charge in [0.2, 0.25) is 10.0 Å². The molecule has 1 aliphatic rings. The molecule has 1 saturated heterocycles. The Labute approximate surface area is 217 Å². The second-order valence-electron chi connectivity index (χ2n) is 8.98. The van der Waals surface area contributed by atoms with Gasteiger partial charge in [-0.15, -0.1) is 0 Å². The highest BCUT2D eigenvalue weighted by Crippen LogP contribution is 2.27. The molecule has 0 unspecified atom stereocenters. The van der Waals surface area contributed by atoms with Crippen LogP contribution >= 0.6 is 0 Å². The second-order valence-corrected chi connectivity index (χ2v) is 10.9. The van der Waals surface area contributed by atoms with Crippen molar-refractivity contribution < 1.29 is 17.9 Å². The minimum absolute atomic E-state index is 0.0359. The molecule has 1 aliphatic heterocycles. The molecule has 196 valence electrons. The molecule has 9 nitrogen and oxygen atoms in total. The van der Waals surface area contributed by atoms with E-state index in [1.54, 1.807) is 25.1 Å². The number of hydrogen-bond donors (Lipinski definition) is 3. The van der Waals surface area contributed by atoms with Crippen molar-refractivity contribution in [1.29, 1.82) is 5.41 Å². The molecule has 3 aromatic rings. The molecule has 0 aromatic heterocycles. The number of nitrogen functional groups attached to an aromatic ring is 1. The molecule has 0 bridgehead atoms. The zero-order valence-corrected chi connectivity index (χ0v) is 21.8. The number of nitrogens with one attached hydrogen (secondary N) is 2. The lowest BCUT2D eigenvalue weighted by molar-refractivity contribution is -0.139. The number of benzene rings is 3. The Kier molecular flexibility index (Phi) is 8.30. The lowest BCUT2D eigenvalue weighted by atomic mass is 10.0. The van der Waals surface area contributed by atoms with Crippen molar-refractivity contribution in [2.45, 2.75) is 19.9 Å². The maximum absolute atomic E-state index is 13.4. The molecule has 0 saturated carbocycles. The summed E-state index contributed by atoms with van der Waals surface area (Å²) in [5.41, 5.74) is 8.48. The quantitative estimate of drug-likeness (QED) is 0.223. The minimum Gasteiger partial charge on any atom is -0.465 e. The summed E-state index contributed by atoms with van der Waals surface area (Å²) in [7, 11) is -4.03. The van der Waals surface area contributed by atoms with E-state index in [1.165, 1.54) is 4.31 Å². The van der Waals surface area contributed by atoms with Gasteiger partial charge in [0.1, 0.15) is 5.84 Å². The summed E-state index contributed by atoms with van der Waals surface area (Å²) >= 11 is 0. The molecule has 10 heteroatoms. The molecule has 4 N–H and O–H groups in total. The van der Waals surface area contributed by atoms with Gasteiger partial charge in [-0.2, -0.15) is 0 Å². The average molecular weight is 524 g/mol. The highest BCUT2D eigenvalue weighted by molar-refractivity contribution is 7.93. The third kappa shape index (κ3) is 6.58. The van der Waals surface area contributed by atoms with Crippen LogP contribution in [0.4, 0.5) is 11.4 Å². The lowest BCUT2D eigenvalue weighted by Crippen LogP contribution is -2.36. The van der Waals surface area contributed by atoms with Crippen LogP contribution in [0.1, 0.15) is 24.5 Å². The van der Waals surface area contributed by atoms with E-state index in [1.807, 2.05) is 42.5 Å². The van der Waals surface area contributed by atoms with E-state index in [2.05, 4.69) is 10.2 Å². The molecule has 0 aliphatic carbocycles. The van der Waals surface area contributed by atoms with Gasteiger partial charge in [-0.3, -0.25) is 14.5 Å². The van der Waals surface area contributed by atoms with Gasteiger partial charge in [-0.25, -0.2) is 8.42 Å². The lowest BCUT2D eigenvalue weighted by Gasteiger charge is -2.26. The summed E-state index contributed by atoms with van der Waals surface area (Å²) in [4.78, 5) is 14.4. The Bertz CT molecular complexity index is 1370. The number of sulfonamides is 1. The minimum atomic E-state index is -4.03. The SMILES string of the molecule is CCOC(=O)CS(=O)(=O)N(Cc1ccc2ccc(C(=N)N)cc2c1)c1ccc(N2CCCNCC2)cc1. The van der Waals surface area contributed by atoms with Crippen LogP contribution in [0.5, 0.6) is 0 Å². The van der Waals surface area contributed by atoms with E-state index in [0.29, 0.717) is 11.3 Å². The maximum atomic E-state index is 13.4. The third-order valence-electron chi connectivity index (χ3n) is 6.33. The van der Waals surface area contributed by atoms with Crippen LogP contribution in [-0.4, -0.2) is 58.8 Å². The number of rotatable bonds is 9. The first kappa shape index (κ1) is 26.4. The van der Waals surface area contributed by atoms with E-state index in [9.17, 15) is 13.2 Å². The second kappa shape index (κ2) is 11.6. The van der Waals surface area contributed by atoms with Crippen molar-refractivity contribution in [3.8, 4) is 0 Å². The van der Waals surface area contributed by atoms with Crippen LogP contribution in [0.15, 0.2) is 60.7 Å². The summed E-state index contributed by atoms with van der Waals surface area (Å²) in [6, 6.07) is 18.5. The average Bonchev–Trinajstić information content (AvgIpc) is 3.16. The molecule has 0 spiro atoms. The number of carbonyl (C=O) groups is 1. The van der Waals surface area contributed by atoms with Crippen LogP contribution in [0.2, 0.25) is 0 Å². The van der Waals surface area contributed by atoms with Crippen LogP contribution in [0.3, 0.4) is 0 Å². The molecule has 0 radical (unpaired) electrons. The first-order valence-corrected chi connectivity index (χ1v) is 14.0. The Morgan fingerprint density at radius 1 is 1.05 bits per heavy atom. The normalized spacial score (nSPS) is 14.2. The molecule has 37 heavy (non-hydrogen) atoms. The standard InChI is InChI=1S/C27H33N5O4S/c1-2-36-26(33)19-37(34,35)32(25-10-8-24(9-11-25)31-14-3-12-30-13-15-31)18-20-4-5-21-6-7-22(27(28)29)17-23(21)16-20/h4-11,16-17,30H,2-3,12-15,18-19H2,1H3,(H3,28,29). The first-order chi connectivity index (χ1) is 17.8. The number of amidine groups is 1. The predicted octanol–water partition coefficient (Wildman–Crippen LogP) is 2.82. The summed E-state index contributed by atoms with van der Waals surface area (Å²) < 4.78 is 33.0. The highest BCUT2D eigenvalue weighted by Gasteiger charge is 2.27. The Hall–Kier alpha value is -3.63. The summed E-state index contributed by atoms with van der Waals surface area (Å²) in [5.74, 6) is -1.57. The fraction of sp³-hybridized carbons (Fsp3) is 0.333.